The zero-order valence-corrected chi connectivity index (χ0v) is 22.4. The molecule has 0 aliphatic carbocycles. The van der Waals surface area contributed by atoms with Gasteiger partial charge in [-0.2, -0.15) is 0 Å². The van der Waals surface area contributed by atoms with Crippen LogP contribution in [0.4, 0.5) is 5.69 Å². The summed E-state index contributed by atoms with van der Waals surface area (Å²) in [6.07, 6.45) is 1.06. The standard InChI is InChI=1S/C29H28ClN3O2.C3H6/c30-25-13-10-21(16-26(25)31)29(34)19-33(18-20-6-2-1-3-7-20)14-15-35-22-11-12-24-23-8-4-5-9-27(23)32-28(24)17-22;1-3-2/h1-13,16-17,29,32,34H,14-15,18-19,31H2;3H,1H2,2H3. The van der Waals surface area contributed by atoms with Gasteiger partial charge >= 0.3 is 0 Å². The summed E-state index contributed by atoms with van der Waals surface area (Å²) in [5, 5.41) is 13.8. The maximum Gasteiger partial charge on any atom is 0.121 e. The molecule has 5 rings (SSSR count). The Bertz CT molecular complexity index is 1480. The summed E-state index contributed by atoms with van der Waals surface area (Å²) in [6, 6.07) is 29.9. The number of aliphatic hydroxyl groups excluding tert-OH is 1. The highest BCUT2D eigenvalue weighted by atomic mass is 35.5. The van der Waals surface area contributed by atoms with E-state index in [-0.39, 0.29) is 0 Å². The molecule has 4 aromatic carbocycles. The monoisotopic (exact) mass is 527 g/mol. The lowest BCUT2D eigenvalue weighted by Gasteiger charge is -2.25. The van der Waals surface area contributed by atoms with Crippen LogP contribution in [0.3, 0.4) is 0 Å². The topological polar surface area (TPSA) is 74.5 Å². The summed E-state index contributed by atoms with van der Waals surface area (Å²) in [5.41, 5.74) is 10.5. The van der Waals surface area contributed by atoms with E-state index in [4.69, 9.17) is 22.1 Å². The molecule has 0 spiro atoms. The Hall–Kier alpha value is -3.77. The number of aliphatic hydroxyl groups is 1. The molecule has 5 aromatic rings. The minimum absolute atomic E-state index is 0.445. The first-order chi connectivity index (χ1) is 18.5. The number of anilines is 1. The molecule has 0 saturated carbocycles. The number of hydrogen-bond donors (Lipinski definition) is 3. The first-order valence-corrected chi connectivity index (χ1v) is 13.1. The van der Waals surface area contributed by atoms with Crippen LogP contribution in [0.15, 0.2) is 104 Å². The Labute approximate surface area is 229 Å². The number of nitrogen functional groups attached to an aromatic ring is 1. The third-order valence-electron chi connectivity index (χ3n) is 6.24. The van der Waals surface area contributed by atoms with Crippen LogP contribution in [0.1, 0.15) is 24.2 Å². The number of fused-ring (bicyclic) bond motifs is 3. The molecule has 196 valence electrons. The van der Waals surface area contributed by atoms with Crippen molar-refractivity contribution in [3.63, 3.8) is 0 Å². The summed E-state index contributed by atoms with van der Waals surface area (Å²) in [4.78, 5) is 5.65. The van der Waals surface area contributed by atoms with Crippen molar-refractivity contribution in [3.05, 3.63) is 120 Å². The average molecular weight is 528 g/mol. The molecule has 5 nitrogen and oxygen atoms in total. The van der Waals surface area contributed by atoms with E-state index in [9.17, 15) is 5.11 Å². The van der Waals surface area contributed by atoms with Crippen molar-refractivity contribution < 1.29 is 9.84 Å². The number of rotatable bonds is 9. The fourth-order valence-electron chi connectivity index (χ4n) is 4.41. The van der Waals surface area contributed by atoms with Gasteiger partial charge in [-0.05, 0) is 48.4 Å². The average Bonchev–Trinajstić information content (AvgIpc) is 3.29. The van der Waals surface area contributed by atoms with Crippen molar-refractivity contribution in [2.24, 2.45) is 0 Å². The van der Waals surface area contributed by atoms with Gasteiger partial charge in [0.25, 0.3) is 0 Å². The lowest BCUT2D eigenvalue weighted by atomic mass is 10.1. The van der Waals surface area contributed by atoms with Gasteiger partial charge in [-0.3, -0.25) is 4.90 Å². The predicted octanol–water partition coefficient (Wildman–Crippen LogP) is 7.36. The van der Waals surface area contributed by atoms with Gasteiger partial charge < -0.3 is 20.6 Å². The summed E-state index contributed by atoms with van der Waals surface area (Å²) in [6.45, 7) is 7.54. The van der Waals surface area contributed by atoms with Gasteiger partial charge in [0.05, 0.1) is 22.3 Å². The molecule has 0 fully saturated rings. The number of benzene rings is 4. The van der Waals surface area contributed by atoms with Crippen molar-refractivity contribution in [2.75, 3.05) is 25.4 Å². The zero-order chi connectivity index (χ0) is 26.9. The number of halogens is 1. The largest absolute Gasteiger partial charge is 0.492 e. The van der Waals surface area contributed by atoms with Gasteiger partial charge in [0.1, 0.15) is 12.4 Å². The number of nitrogens with two attached hydrogens (primary N) is 1. The molecule has 0 radical (unpaired) electrons. The lowest BCUT2D eigenvalue weighted by molar-refractivity contribution is 0.0986. The third kappa shape index (κ3) is 6.95. The number of nitrogens with one attached hydrogen (secondary N) is 1. The molecule has 1 heterocycles. The van der Waals surface area contributed by atoms with Gasteiger partial charge in [-0.1, -0.05) is 72.3 Å². The molecule has 0 bridgehead atoms. The number of aromatic nitrogens is 1. The van der Waals surface area contributed by atoms with E-state index < -0.39 is 6.10 Å². The summed E-state index contributed by atoms with van der Waals surface area (Å²) in [7, 11) is 0. The quantitative estimate of drug-likeness (QED) is 0.138. The molecule has 0 aliphatic rings. The van der Waals surface area contributed by atoms with Crippen LogP contribution in [0.2, 0.25) is 5.02 Å². The van der Waals surface area contributed by atoms with Crippen LogP contribution in [-0.2, 0) is 6.54 Å². The molecule has 1 aromatic heterocycles. The maximum absolute atomic E-state index is 10.9. The minimum Gasteiger partial charge on any atom is -0.492 e. The summed E-state index contributed by atoms with van der Waals surface area (Å²) < 4.78 is 6.12. The highest BCUT2D eigenvalue weighted by Crippen LogP contribution is 2.28. The Balaban J connectivity index is 0.00000107. The Morgan fingerprint density at radius 1 is 0.974 bits per heavy atom. The first kappa shape index (κ1) is 27.3. The van der Waals surface area contributed by atoms with E-state index in [2.05, 4.69) is 46.8 Å². The van der Waals surface area contributed by atoms with Crippen LogP contribution >= 0.6 is 11.6 Å². The smallest absolute Gasteiger partial charge is 0.121 e. The van der Waals surface area contributed by atoms with Gasteiger partial charge in [0.15, 0.2) is 0 Å². The summed E-state index contributed by atoms with van der Waals surface area (Å²) in [5.74, 6) is 0.815. The van der Waals surface area contributed by atoms with Crippen molar-refractivity contribution in [3.8, 4) is 5.75 Å². The van der Waals surface area contributed by atoms with Crippen molar-refractivity contribution in [1.29, 1.82) is 0 Å². The van der Waals surface area contributed by atoms with Crippen molar-refractivity contribution in [1.82, 2.24) is 9.88 Å². The molecular weight excluding hydrogens is 494 g/mol. The number of hydrogen-bond acceptors (Lipinski definition) is 4. The normalized spacial score (nSPS) is 11.8. The van der Waals surface area contributed by atoms with Gasteiger partial charge in [0.2, 0.25) is 0 Å². The second-order valence-corrected chi connectivity index (χ2v) is 9.56. The van der Waals surface area contributed by atoms with Gasteiger partial charge in [-0.15, -0.1) is 6.58 Å². The van der Waals surface area contributed by atoms with E-state index in [1.165, 1.54) is 16.3 Å². The highest BCUT2D eigenvalue weighted by molar-refractivity contribution is 6.33. The van der Waals surface area contributed by atoms with Crippen LogP contribution in [0.5, 0.6) is 5.75 Å². The Morgan fingerprint density at radius 3 is 2.45 bits per heavy atom. The zero-order valence-electron chi connectivity index (χ0n) is 21.6. The fraction of sp³-hybridized carbons (Fsp3) is 0.188. The Kier molecular flexibility index (Phi) is 9.44. The van der Waals surface area contributed by atoms with E-state index in [1.54, 1.807) is 18.2 Å². The van der Waals surface area contributed by atoms with Gasteiger partial charge in [-0.25, -0.2) is 0 Å². The van der Waals surface area contributed by atoms with Crippen molar-refractivity contribution >= 4 is 39.1 Å². The number of aromatic amines is 1. The van der Waals surface area contributed by atoms with E-state index in [0.29, 0.717) is 37.0 Å². The second-order valence-electron chi connectivity index (χ2n) is 9.15. The fourth-order valence-corrected chi connectivity index (χ4v) is 4.53. The molecule has 1 unspecified atom stereocenters. The van der Waals surface area contributed by atoms with Crippen LogP contribution < -0.4 is 10.5 Å². The third-order valence-corrected chi connectivity index (χ3v) is 6.58. The van der Waals surface area contributed by atoms with Gasteiger partial charge in [0, 0.05) is 42.0 Å². The number of H-pyrrole nitrogens is 1. The Morgan fingerprint density at radius 2 is 1.68 bits per heavy atom. The van der Waals surface area contributed by atoms with Crippen molar-refractivity contribution in [2.45, 2.75) is 19.6 Å². The number of para-hydroxylation sites is 1. The highest BCUT2D eigenvalue weighted by Gasteiger charge is 2.16. The molecule has 0 aliphatic heterocycles. The molecule has 4 N–H and O–H groups in total. The number of nitrogens with zero attached hydrogens (tertiary/aromatic N) is 1. The number of allylic oxidation sites excluding steroid dienone is 1. The predicted molar refractivity (Wildman–Crippen MR) is 160 cm³/mol. The molecule has 1 atom stereocenters. The number of ether oxygens (including phenoxy) is 1. The lowest BCUT2D eigenvalue weighted by Crippen LogP contribution is -2.32. The molecule has 38 heavy (non-hydrogen) atoms. The van der Waals surface area contributed by atoms with E-state index in [1.807, 2.05) is 55.5 Å². The van der Waals surface area contributed by atoms with Crippen LogP contribution in [0.25, 0.3) is 21.8 Å². The van der Waals surface area contributed by atoms with Crippen LogP contribution in [0, 0.1) is 0 Å². The molecule has 0 amide bonds. The molecular formula is C32H34ClN3O2. The molecule has 0 saturated heterocycles. The first-order valence-electron chi connectivity index (χ1n) is 12.7. The van der Waals surface area contributed by atoms with E-state index >= 15 is 0 Å². The van der Waals surface area contributed by atoms with Crippen LogP contribution in [-0.4, -0.2) is 34.7 Å². The minimum atomic E-state index is -0.694. The SMILES string of the molecule is C=CC.Nc1cc(C(O)CN(CCOc2ccc3c(c2)[nH]c2ccccc23)Cc2ccccc2)ccc1Cl. The summed E-state index contributed by atoms with van der Waals surface area (Å²) >= 11 is 6.05. The second kappa shape index (κ2) is 13.2. The maximum atomic E-state index is 10.9. The van der Waals surface area contributed by atoms with E-state index in [0.717, 1.165) is 22.3 Å². The molecule has 6 heteroatoms.